The zero-order valence-electron chi connectivity index (χ0n) is 19.1. The third kappa shape index (κ3) is 8.83. The van der Waals surface area contributed by atoms with Gasteiger partial charge in [-0.05, 0) is 43.2 Å². The average molecular weight is 658 g/mol. The van der Waals surface area contributed by atoms with Crippen LogP contribution in [0.15, 0.2) is 54.4 Å². The number of alkyl halides is 1. The van der Waals surface area contributed by atoms with Gasteiger partial charge in [0.1, 0.15) is 11.6 Å². The van der Waals surface area contributed by atoms with Crippen LogP contribution in [0.5, 0.6) is 0 Å². The third-order valence-corrected chi connectivity index (χ3v) is 6.25. The molecular formula is C25H24Br2F2N4O3S. The summed E-state index contributed by atoms with van der Waals surface area (Å²) < 4.78 is 25.7. The Balaban J connectivity index is 0.000000448. The minimum atomic E-state index is -0.489. The number of rotatable bonds is 6. The van der Waals surface area contributed by atoms with E-state index in [9.17, 15) is 23.7 Å². The van der Waals surface area contributed by atoms with Crippen molar-refractivity contribution in [2.45, 2.75) is 27.7 Å². The minimum Gasteiger partial charge on any atom is -0.293 e. The molecule has 0 saturated carbocycles. The molecule has 196 valence electrons. The van der Waals surface area contributed by atoms with Crippen LogP contribution in [0.3, 0.4) is 0 Å². The third-order valence-electron chi connectivity index (χ3n) is 4.89. The number of hydrogen-bond acceptors (Lipinski definition) is 7. The molecule has 7 nitrogen and oxygen atoms in total. The number of Topliss-reactive ketones (excluding diaryl/α,β-unsaturated/α-hetero) is 1. The molecule has 0 saturated heterocycles. The maximum Gasteiger partial charge on any atom is 0.272 e. The van der Waals surface area contributed by atoms with Crippen LogP contribution in [0.2, 0.25) is 0 Å². The van der Waals surface area contributed by atoms with Gasteiger partial charge in [-0.2, -0.15) is 0 Å². The van der Waals surface area contributed by atoms with Gasteiger partial charge in [-0.15, -0.1) is 28.3 Å². The summed E-state index contributed by atoms with van der Waals surface area (Å²) in [6, 6.07) is 5.98. The number of aromatic nitrogens is 3. The summed E-state index contributed by atoms with van der Waals surface area (Å²) in [7, 11) is 0. The lowest BCUT2D eigenvalue weighted by atomic mass is 10.0. The summed E-state index contributed by atoms with van der Waals surface area (Å²) in [6.07, 6.45) is 5.71. The van der Waals surface area contributed by atoms with Gasteiger partial charge in [-0.25, -0.2) is 13.8 Å². The number of ketones is 1. The van der Waals surface area contributed by atoms with Crippen LogP contribution in [-0.4, -0.2) is 31.0 Å². The molecule has 37 heavy (non-hydrogen) atoms. The lowest BCUT2D eigenvalue weighted by molar-refractivity contribution is -0.385. The Kier molecular flexibility index (Phi) is 12.7. The molecule has 4 aromatic rings. The van der Waals surface area contributed by atoms with Gasteiger partial charge >= 0.3 is 0 Å². The van der Waals surface area contributed by atoms with E-state index in [0.717, 1.165) is 34.6 Å². The Morgan fingerprint density at radius 1 is 1.03 bits per heavy atom. The van der Waals surface area contributed by atoms with Crippen molar-refractivity contribution in [1.29, 1.82) is 0 Å². The van der Waals surface area contributed by atoms with E-state index in [-0.39, 0.29) is 46.1 Å². The van der Waals surface area contributed by atoms with Crippen molar-refractivity contribution in [1.82, 2.24) is 15.0 Å². The molecule has 3 heterocycles. The molecule has 0 radical (unpaired) electrons. The Morgan fingerprint density at radius 3 is 2.27 bits per heavy atom. The summed E-state index contributed by atoms with van der Waals surface area (Å²) in [6.45, 7) is 3.58. The largest absolute Gasteiger partial charge is 0.293 e. The first kappa shape index (κ1) is 32.1. The maximum absolute atomic E-state index is 13.3. The molecule has 0 aliphatic carbocycles. The first-order valence-corrected chi connectivity index (χ1v) is 12.2. The van der Waals surface area contributed by atoms with Gasteiger partial charge < -0.3 is 0 Å². The predicted molar refractivity (Wildman–Crippen MR) is 150 cm³/mol. The summed E-state index contributed by atoms with van der Waals surface area (Å²) in [5, 5.41) is 13.9. The van der Waals surface area contributed by atoms with Crippen LogP contribution in [-0.2, 0) is 6.42 Å². The molecular weight excluding hydrogens is 634 g/mol. The number of carbonyl (C=O) groups is 1. The van der Waals surface area contributed by atoms with Gasteiger partial charge in [-0.3, -0.25) is 24.9 Å². The van der Waals surface area contributed by atoms with Gasteiger partial charge in [0, 0.05) is 47.0 Å². The number of pyridine rings is 2. The van der Waals surface area contributed by atoms with E-state index in [2.05, 4.69) is 30.9 Å². The van der Waals surface area contributed by atoms with E-state index >= 15 is 0 Å². The van der Waals surface area contributed by atoms with E-state index in [1.165, 1.54) is 23.6 Å². The Morgan fingerprint density at radius 2 is 1.68 bits per heavy atom. The molecule has 12 heteroatoms. The molecule has 3 aromatic heterocycles. The second-order valence-electron chi connectivity index (χ2n) is 7.47. The molecule has 0 fully saturated rings. The van der Waals surface area contributed by atoms with Gasteiger partial charge in [0.15, 0.2) is 5.78 Å². The summed E-state index contributed by atoms with van der Waals surface area (Å²) in [5.74, 6) is -1.06. The lowest BCUT2D eigenvalue weighted by Crippen LogP contribution is -2.00. The van der Waals surface area contributed by atoms with Crippen LogP contribution in [0.25, 0.3) is 11.3 Å². The number of nitro benzene ring substituents is 1. The number of halogens is 4. The minimum absolute atomic E-state index is 0. The van der Waals surface area contributed by atoms with Crippen molar-refractivity contribution in [3.8, 4) is 11.3 Å². The van der Waals surface area contributed by atoms with Crippen LogP contribution >= 0.6 is 44.2 Å². The smallest absolute Gasteiger partial charge is 0.272 e. The lowest BCUT2D eigenvalue weighted by Gasteiger charge is -2.06. The molecule has 1 aromatic carbocycles. The van der Waals surface area contributed by atoms with Gasteiger partial charge in [0.2, 0.25) is 0 Å². The highest BCUT2D eigenvalue weighted by molar-refractivity contribution is 9.09. The van der Waals surface area contributed by atoms with Crippen molar-refractivity contribution in [2.75, 3.05) is 5.33 Å². The van der Waals surface area contributed by atoms with Crippen LogP contribution in [0.4, 0.5) is 14.5 Å². The van der Waals surface area contributed by atoms with Crippen LogP contribution in [0, 0.1) is 35.6 Å². The number of benzene rings is 1. The number of thiazole rings is 1. The standard InChI is InChI=1S/C17H14FN3O2S.C7H5BrFNO.CH4.BrH/c1-10-4-16(21(22)23)11(2)3-12(10)6-17-20-15(9-24-17)13-5-14(18)8-19-7-13;8-2-7(11)5-1-6(9)4-10-3-5;;/h3-5,7-9H,6H2,1-2H3;1,3-4H,2H2;1H4;1H. The second kappa shape index (κ2) is 14.7. The topological polar surface area (TPSA) is 98.9 Å². The highest BCUT2D eigenvalue weighted by Crippen LogP contribution is 2.27. The molecule has 0 spiro atoms. The van der Waals surface area contributed by atoms with E-state index in [1.807, 2.05) is 18.4 Å². The summed E-state index contributed by atoms with van der Waals surface area (Å²) in [4.78, 5) is 33.4. The quantitative estimate of drug-likeness (QED) is 0.0923. The SMILES string of the molecule is Br.C.Cc1cc([N+](=O)[O-])c(C)cc1Cc1nc(-c2cncc(F)c2)cs1.O=C(CBr)c1cncc(F)c1. The molecule has 0 bridgehead atoms. The monoisotopic (exact) mass is 656 g/mol. The van der Waals surface area contributed by atoms with Crippen molar-refractivity contribution in [2.24, 2.45) is 0 Å². The van der Waals surface area contributed by atoms with Gasteiger partial charge in [0.05, 0.1) is 33.3 Å². The fourth-order valence-corrected chi connectivity index (χ4v) is 4.28. The van der Waals surface area contributed by atoms with Crippen molar-refractivity contribution in [3.63, 3.8) is 0 Å². The van der Waals surface area contributed by atoms with Crippen LogP contribution < -0.4 is 0 Å². The fraction of sp³-hybridized carbons (Fsp3) is 0.200. The number of hydrogen-bond donors (Lipinski definition) is 0. The van der Waals surface area contributed by atoms with Crippen LogP contribution in [0.1, 0.15) is 39.5 Å². The Labute approximate surface area is 236 Å². The Hall–Kier alpha value is -2.96. The van der Waals surface area contributed by atoms with Crippen molar-refractivity contribution in [3.05, 3.63) is 103 Å². The predicted octanol–water partition coefficient (Wildman–Crippen LogP) is 7.47. The number of nitro groups is 1. The van der Waals surface area contributed by atoms with Gasteiger partial charge in [0.25, 0.3) is 5.69 Å². The second-order valence-corrected chi connectivity index (χ2v) is 8.97. The van der Waals surface area contributed by atoms with Crippen molar-refractivity contribution >= 4 is 55.7 Å². The average Bonchev–Trinajstić information content (AvgIpc) is 3.29. The summed E-state index contributed by atoms with van der Waals surface area (Å²) in [5.41, 5.74) is 4.22. The Bertz CT molecular complexity index is 1390. The molecule has 0 aliphatic heterocycles. The molecule has 0 amide bonds. The van der Waals surface area contributed by atoms with E-state index in [1.54, 1.807) is 19.2 Å². The van der Waals surface area contributed by atoms with E-state index in [4.69, 9.17) is 0 Å². The first-order chi connectivity index (χ1) is 16.7. The van der Waals surface area contributed by atoms with E-state index in [0.29, 0.717) is 28.8 Å². The molecule has 0 N–H and O–H groups in total. The number of aryl methyl sites for hydroxylation is 2. The highest BCUT2D eigenvalue weighted by Gasteiger charge is 2.15. The number of nitrogens with zero attached hydrogens (tertiary/aromatic N) is 4. The normalized spacial score (nSPS) is 9.86. The highest BCUT2D eigenvalue weighted by atomic mass is 79.9. The fourth-order valence-electron chi connectivity index (χ4n) is 3.13. The zero-order valence-corrected chi connectivity index (χ0v) is 23.2. The molecule has 0 atom stereocenters. The van der Waals surface area contributed by atoms with Gasteiger partial charge in [-0.1, -0.05) is 23.4 Å². The molecule has 4 rings (SSSR count). The molecule has 0 unspecified atom stereocenters. The zero-order chi connectivity index (χ0) is 25.5. The maximum atomic E-state index is 13.3. The van der Waals surface area contributed by atoms with Crippen molar-refractivity contribution < 1.29 is 18.5 Å². The summed E-state index contributed by atoms with van der Waals surface area (Å²) >= 11 is 4.45. The first-order valence-electron chi connectivity index (χ1n) is 10.2. The number of carbonyl (C=O) groups excluding carboxylic acids is 1. The molecule has 0 aliphatic rings. The van der Waals surface area contributed by atoms with E-state index < -0.39 is 11.6 Å².